The molecule has 0 saturated heterocycles. The minimum Gasteiger partial charge on any atom is -0.385 e. The van der Waals surface area contributed by atoms with E-state index in [2.05, 4.69) is 12.2 Å². The maximum atomic E-state index is 13.2. The van der Waals surface area contributed by atoms with E-state index in [1.807, 2.05) is 13.0 Å². The zero-order valence-corrected chi connectivity index (χ0v) is 11.6. The first-order valence-corrected chi connectivity index (χ1v) is 6.64. The summed E-state index contributed by atoms with van der Waals surface area (Å²) in [6, 6.07) is 5.41. The highest BCUT2D eigenvalue weighted by atomic mass is 19.1. The van der Waals surface area contributed by atoms with E-state index in [0.29, 0.717) is 6.04 Å². The molecular formula is C15H24FNO. The second-order valence-electron chi connectivity index (χ2n) is 4.66. The monoisotopic (exact) mass is 253 g/mol. The molecule has 1 aromatic carbocycles. The Morgan fingerprint density at radius 2 is 2.17 bits per heavy atom. The summed E-state index contributed by atoms with van der Waals surface area (Å²) in [6.07, 6.45) is 2.96. The van der Waals surface area contributed by atoms with E-state index in [4.69, 9.17) is 4.74 Å². The number of rotatable bonds is 8. The van der Waals surface area contributed by atoms with Crippen molar-refractivity contribution in [1.82, 2.24) is 5.32 Å². The van der Waals surface area contributed by atoms with Crippen LogP contribution in [0.4, 0.5) is 4.39 Å². The molecule has 3 heteroatoms. The van der Waals surface area contributed by atoms with Crippen LogP contribution in [0.3, 0.4) is 0 Å². The molecule has 0 aliphatic rings. The summed E-state index contributed by atoms with van der Waals surface area (Å²) in [5.41, 5.74) is 2.25. The molecule has 18 heavy (non-hydrogen) atoms. The maximum Gasteiger partial charge on any atom is 0.123 e. The molecule has 1 rings (SSSR count). The van der Waals surface area contributed by atoms with Crippen molar-refractivity contribution in [2.75, 3.05) is 20.3 Å². The Kier molecular flexibility index (Phi) is 6.91. The third-order valence-corrected chi connectivity index (χ3v) is 3.17. The van der Waals surface area contributed by atoms with Crippen molar-refractivity contribution in [3.63, 3.8) is 0 Å². The number of nitrogens with one attached hydrogen (secondary N) is 1. The van der Waals surface area contributed by atoms with Gasteiger partial charge >= 0.3 is 0 Å². The smallest absolute Gasteiger partial charge is 0.123 e. The number of benzene rings is 1. The minimum absolute atomic E-state index is 0.150. The number of hydrogen-bond donors (Lipinski definition) is 1. The van der Waals surface area contributed by atoms with Gasteiger partial charge in [0.1, 0.15) is 5.82 Å². The van der Waals surface area contributed by atoms with Gasteiger partial charge in [0.15, 0.2) is 0 Å². The topological polar surface area (TPSA) is 21.3 Å². The molecule has 1 aromatic rings. The van der Waals surface area contributed by atoms with E-state index in [1.54, 1.807) is 13.2 Å². The number of ether oxygens (including phenoxy) is 1. The van der Waals surface area contributed by atoms with E-state index in [1.165, 1.54) is 6.07 Å². The van der Waals surface area contributed by atoms with Crippen LogP contribution in [-0.2, 0) is 11.2 Å². The first-order valence-electron chi connectivity index (χ1n) is 6.64. The Labute approximate surface area is 110 Å². The third kappa shape index (κ3) is 5.15. The highest BCUT2D eigenvalue weighted by Gasteiger charge is 2.10. The normalized spacial score (nSPS) is 12.7. The number of halogens is 1. The summed E-state index contributed by atoms with van der Waals surface area (Å²) in [5, 5.41) is 3.46. The predicted molar refractivity (Wildman–Crippen MR) is 73.4 cm³/mol. The van der Waals surface area contributed by atoms with Gasteiger partial charge in [0.2, 0.25) is 0 Å². The van der Waals surface area contributed by atoms with Crippen molar-refractivity contribution in [3.8, 4) is 0 Å². The Balaban J connectivity index is 2.60. The van der Waals surface area contributed by atoms with Crippen molar-refractivity contribution >= 4 is 0 Å². The summed E-state index contributed by atoms with van der Waals surface area (Å²) in [5.74, 6) is -0.150. The molecule has 0 bridgehead atoms. The molecular weight excluding hydrogens is 229 g/mol. The van der Waals surface area contributed by atoms with Gasteiger partial charge in [-0.05, 0) is 56.0 Å². The fourth-order valence-corrected chi connectivity index (χ4v) is 2.16. The molecule has 0 fully saturated rings. The summed E-state index contributed by atoms with van der Waals surface area (Å²) < 4.78 is 18.3. The molecule has 1 N–H and O–H groups in total. The molecule has 0 aliphatic carbocycles. The molecule has 0 radical (unpaired) electrons. The molecule has 0 spiro atoms. The van der Waals surface area contributed by atoms with Crippen LogP contribution in [0.5, 0.6) is 0 Å². The van der Waals surface area contributed by atoms with Crippen LogP contribution in [0.1, 0.15) is 30.9 Å². The minimum atomic E-state index is -0.150. The Morgan fingerprint density at radius 1 is 1.39 bits per heavy atom. The summed E-state index contributed by atoms with van der Waals surface area (Å²) >= 11 is 0. The van der Waals surface area contributed by atoms with E-state index in [-0.39, 0.29) is 5.82 Å². The van der Waals surface area contributed by atoms with Crippen LogP contribution in [0.2, 0.25) is 0 Å². The molecule has 102 valence electrons. The van der Waals surface area contributed by atoms with E-state index in [9.17, 15) is 4.39 Å². The zero-order valence-electron chi connectivity index (χ0n) is 11.6. The quantitative estimate of drug-likeness (QED) is 0.719. The van der Waals surface area contributed by atoms with Gasteiger partial charge in [0, 0.05) is 19.8 Å². The SMILES string of the molecule is CCNC(CCCOC)Cc1cc(F)ccc1C. The lowest BCUT2D eigenvalue weighted by molar-refractivity contribution is 0.188. The van der Waals surface area contributed by atoms with E-state index in [0.717, 1.165) is 43.5 Å². The van der Waals surface area contributed by atoms with Gasteiger partial charge in [-0.3, -0.25) is 0 Å². The molecule has 1 atom stereocenters. The maximum absolute atomic E-state index is 13.2. The second-order valence-corrected chi connectivity index (χ2v) is 4.66. The van der Waals surface area contributed by atoms with Gasteiger partial charge in [-0.15, -0.1) is 0 Å². The molecule has 2 nitrogen and oxygen atoms in total. The molecule has 0 saturated carbocycles. The van der Waals surface area contributed by atoms with Gasteiger partial charge < -0.3 is 10.1 Å². The Morgan fingerprint density at radius 3 is 2.83 bits per heavy atom. The van der Waals surface area contributed by atoms with Crippen molar-refractivity contribution in [2.45, 2.75) is 39.2 Å². The fourth-order valence-electron chi connectivity index (χ4n) is 2.16. The van der Waals surface area contributed by atoms with Gasteiger partial charge in [-0.1, -0.05) is 13.0 Å². The van der Waals surface area contributed by atoms with Crippen molar-refractivity contribution in [3.05, 3.63) is 35.1 Å². The van der Waals surface area contributed by atoms with Crippen LogP contribution in [0.15, 0.2) is 18.2 Å². The highest BCUT2D eigenvalue weighted by molar-refractivity contribution is 5.27. The lowest BCUT2D eigenvalue weighted by Crippen LogP contribution is -2.31. The van der Waals surface area contributed by atoms with Crippen molar-refractivity contribution in [2.24, 2.45) is 0 Å². The third-order valence-electron chi connectivity index (χ3n) is 3.17. The number of hydrogen-bond acceptors (Lipinski definition) is 2. The molecule has 0 aromatic heterocycles. The summed E-state index contributed by atoms with van der Waals surface area (Å²) in [4.78, 5) is 0. The number of likely N-dealkylation sites (N-methyl/N-ethyl adjacent to an activating group) is 1. The van der Waals surface area contributed by atoms with Crippen LogP contribution >= 0.6 is 0 Å². The van der Waals surface area contributed by atoms with Crippen LogP contribution in [0.25, 0.3) is 0 Å². The van der Waals surface area contributed by atoms with Gasteiger partial charge in [0.05, 0.1) is 0 Å². The molecule has 0 amide bonds. The van der Waals surface area contributed by atoms with Crippen molar-refractivity contribution < 1.29 is 9.13 Å². The lowest BCUT2D eigenvalue weighted by atomic mass is 9.98. The van der Waals surface area contributed by atoms with E-state index < -0.39 is 0 Å². The fraction of sp³-hybridized carbons (Fsp3) is 0.600. The lowest BCUT2D eigenvalue weighted by Gasteiger charge is -2.19. The van der Waals surface area contributed by atoms with Crippen molar-refractivity contribution in [1.29, 1.82) is 0 Å². The molecule has 0 heterocycles. The van der Waals surface area contributed by atoms with Crippen LogP contribution in [0, 0.1) is 12.7 Å². The summed E-state index contributed by atoms with van der Waals surface area (Å²) in [7, 11) is 1.72. The zero-order chi connectivity index (χ0) is 13.4. The predicted octanol–water partition coefficient (Wildman–Crippen LogP) is 3.08. The van der Waals surface area contributed by atoms with Crippen LogP contribution < -0.4 is 5.32 Å². The summed E-state index contributed by atoms with van der Waals surface area (Å²) in [6.45, 7) is 5.85. The average Bonchev–Trinajstić information content (AvgIpc) is 2.34. The average molecular weight is 253 g/mol. The van der Waals surface area contributed by atoms with Gasteiger partial charge in [-0.25, -0.2) is 4.39 Å². The Bertz CT molecular complexity index is 354. The molecule has 0 aliphatic heterocycles. The van der Waals surface area contributed by atoms with Crippen LogP contribution in [-0.4, -0.2) is 26.3 Å². The number of methoxy groups -OCH3 is 1. The molecule has 1 unspecified atom stereocenters. The number of aryl methyl sites for hydroxylation is 1. The van der Waals surface area contributed by atoms with Gasteiger partial charge in [0.25, 0.3) is 0 Å². The first-order chi connectivity index (χ1) is 8.67. The van der Waals surface area contributed by atoms with E-state index >= 15 is 0 Å². The second kappa shape index (κ2) is 8.22. The first kappa shape index (κ1) is 15.1. The van der Waals surface area contributed by atoms with Gasteiger partial charge in [-0.2, -0.15) is 0 Å². The highest BCUT2D eigenvalue weighted by Crippen LogP contribution is 2.14. The Hall–Kier alpha value is -0.930. The largest absolute Gasteiger partial charge is 0.385 e. The standard InChI is InChI=1S/C15H24FNO/c1-4-17-15(6-5-9-18-3)11-13-10-14(16)8-7-12(13)2/h7-8,10,15,17H,4-6,9,11H2,1-3H3.